The second-order valence-electron chi connectivity index (χ2n) is 4.01. The van der Waals surface area contributed by atoms with Gasteiger partial charge >= 0.3 is 0 Å². The van der Waals surface area contributed by atoms with Crippen molar-refractivity contribution in [3.63, 3.8) is 0 Å². The summed E-state index contributed by atoms with van der Waals surface area (Å²) >= 11 is 5.76. The van der Waals surface area contributed by atoms with Crippen LogP contribution in [-0.4, -0.2) is 24.9 Å². The monoisotopic (exact) mass is 312 g/mol. The first-order valence-electron chi connectivity index (χ1n) is 5.79. The Morgan fingerprint density at radius 1 is 1.30 bits per heavy atom. The molecule has 2 aromatic heterocycles. The first-order valence-corrected chi connectivity index (χ1v) is 7.66. The lowest BCUT2D eigenvalue weighted by molar-refractivity contribution is 0.581. The molecule has 8 heteroatoms. The molecule has 0 aliphatic carbocycles. The smallest absolute Gasteiger partial charge is 0.242 e. The number of anilines is 1. The van der Waals surface area contributed by atoms with Gasteiger partial charge in [-0.3, -0.25) is 4.98 Å². The van der Waals surface area contributed by atoms with Gasteiger partial charge in [-0.2, -0.15) is 0 Å². The van der Waals surface area contributed by atoms with E-state index in [0.29, 0.717) is 6.42 Å². The van der Waals surface area contributed by atoms with Crippen molar-refractivity contribution < 1.29 is 8.42 Å². The fourth-order valence-corrected chi connectivity index (χ4v) is 2.75. The van der Waals surface area contributed by atoms with Crippen LogP contribution >= 0.6 is 11.6 Å². The van der Waals surface area contributed by atoms with Gasteiger partial charge in [-0.25, -0.2) is 18.1 Å². The molecule has 0 radical (unpaired) electrons. The van der Waals surface area contributed by atoms with E-state index in [1.165, 1.54) is 12.3 Å². The molecule has 2 rings (SSSR count). The van der Waals surface area contributed by atoms with Crippen molar-refractivity contribution in [3.8, 4) is 0 Å². The summed E-state index contributed by atoms with van der Waals surface area (Å²) in [6.07, 6.45) is 3.33. The van der Waals surface area contributed by atoms with Gasteiger partial charge in [0.1, 0.15) is 10.7 Å². The summed E-state index contributed by atoms with van der Waals surface area (Å²) in [7, 11) is -3.65. The zero-order chi connectivity index (χ0) is 14.6. The van der Waals surface area contributed by atoms with E-state index >= 15 is 0 Å². The van der Waals surface area contributed by atoms with Gasteiger partial charge in [0.2, 0.25) is 10.0 Å². The number of halogens is 1. The van der Waals surface area contributed by atoms with E-state index < -0.39 is 10.0 Å². The van der Waals surface area contributed by atoms with Crippen LogP contribution in [0, 0.1) is 0 Å². The van der Waals surface area contributed by atoms with Crippen LogP contribution in [0.3, 0.4) is 0 Å². The highest BCUT2D eigenvalue weighted by molar-refractivity contribution is 7.89. The van der Waals surface area contributed by atoms with E-state index in [-0.39, 0.29) is 22.3 Å². The molecule has 3 N–H and O–H groups in total. The molecule has 0 fully saturated rings. The molecule has 0 amide bonds. The average Bonchev–Trinajstić information content (AvgIpc) is 2.43. The second kappa shape index (κ2) is 6.17. The van der Waals surface area contributed by atoms with Gasteiger partial charge in [0.25, 0.3) is 0 Å². The third-order valence-electron chi connectivity index (χ3n) is 2.55. The molecule has 0 aliphatic heterocycles. The molecule has 0 spiro atoms. The fraction of sp³-hybridized carbons (Fsp3) is 0.167. The van der Waals surface area contributed by atoms with Crippen LogP contribution in [0.4, 0.5) is 5.82 Å². The maximum Gasteiger partial charge on any atom is 0.242 e. The number of hydrogen-bond acceptors (Lipinski definition) is 5. The van der Waals surface area contributed by atoms with E-state index in [0.717, 1.165) is 5.69 Å². The number of nitrogen functional groups attached to an aromatic ring is 1. The van der Waals surface area contributed by atoms with E-state index in [9.17, 15) is 8.42 Å². The van der Waals surface area contributed by atoms with Gasteiger partial charge in [-0.05, 0) is 18.2 Å². The molecule has 0 bridgehead atoms. The number of rotatable bonds is 5. The molecule has 0 aromatic carbocycles. The zero-order valence-electron chi connectivity index (χ0n) is 10.5. The molecule has 0 saturated heterocycles. The Labute approximate surface area is 122 Å². The lowest BCUT2D eigenvalue weighted by Crippen LogP contribution is -2.26. The number of sulfonamides is 1. The molecule has 6 nitrogen and oxygen atoms in total. The van der Waals surface area contributed by atoms with Crippen LogP contribution in [0.1, 0.15) is 5.69 Å². The quantitative estimate of drug-likeness (QED) is 0.865. The van der Waals surface area contributed by atoms with Crippen molar-refractivity contribution in [2.45, 2.75) is 11.3 Å². The van der Waals surface area contributed by atoms with Gasteiger partial charge in [0.05, 0.1) is 5.02 Å². The second-order valence-corrected chi connectivity index (χ2v) is 6.18. The Morgan fingerprint density at radius 3 is 2.75 bits per heavy atom. The minimum Gasteiger partial charge on any atom is -0.382 e. The summed E-state index contributed by atoms with van der Waals surface area (Å²) < 4.78 is 26.5. The van der Waals surface area contributed by atoms with E-state index in [1.54, 1.807) is 12.3 Å². The number of nitrogens with two attached hydrogens (primary N) is 1. The number of nitrogens with one attached hydrogen (secondary N) is 1. The third-order valence-corrected chi connectivity index (χ3v) is 4.28. The summed E-state index contributed by atoms with van der Waals surface area (Å²) in [6, 6.07) is 6.75. The van der Waals surface area contributed by atoms with Crippen LogP contribution < -0.4 is 10.5 Å². The van der Waals surface area contributed by atoms with Gasteiger partial charge in [0.15, 0.2) is 0 Å². The van der Waals surface area contributed by atoms with Crippen LogP contribution in [0.15, 0.2) is 41.6 Å². The highest BCUT2D eigenvalue weighted by atomic mass is 35.5. The molecule has 2 aromatic rings. The van der Waals surface area contributed by atoms with Crippen molar-refractivity contribution in [2.75, 3.05) is 12.3 Å². The minimum absolute atomic E-state index is 0.0160. The zero-order valence-corrected chi connectivity index (χ0v) is 12.0. The minimum atomic E-state index is -3.65. The van der Waals surface area contributed by atoms with Crippen LogP contribution in [0.5, 0.6) is 0 Å². The summed E-state index contributed by atoms with van der Waals surface area (Å²) in [6.45, 7) is 0.237. The molecule has 0 unspecified atom stereocenters. The Kier molecular flexibility index (Phi) is 4.53. The summed E-state index contributed by atoms with van der Waals surface area (Å²) in [5.41, 5.74) is 6.25. The largest absolute Gasteiger partial charge is 0.382 e. The summed E-state index contributed by atoms with van der Waals surface area (Å²) in [4.78, 5) is 7.82. The Morgan fingerprint density at radius 2 is 2.10 bits per heavy atom. The Balaban J connectivity index is 2.02. The highest BCUT2D eigenvalue weighted by Crippen LogP contribution is 2.19. The lowest BCUT2D eigenvalue weighted by atomic mass is 10.3. The first-order chi connectivity index (χ1) is 9.49. The topological polar surface area (TPSA) is 98.0 Å². The van der Waals surface area contributed by atoms with E-state index in [4.69, 9.17) is 17.3 Å². The third kappa shape index (κ3) is 3.66. The van der Waals surface area contributed by atoms with Crippen LogP contribution in [-0.2, 0) is 16.4 Å². The number of aromatic nitrogens is 2. The molecular formula is C12H13ClN4O2S. The highest BCUT2D eigenvalue weighted by Gasteiger charge is 2.15. The maximum atomic E-state index is 12.0. The van der Waals surface area contributed by atoms with Gasteiger partial charge < -0.3 is 5.73 Å². The van der Waals surface area contributed by atoms with Crippen molar-refractivity contribution in [2.24, 2.45) is 0 Å². The van der Waals surface area contributed by atoms with E-state index in [1.807, 2.05) is 12.1 Å². The predicted octanol–water partition coefficient (Wildman–Crippen LogP) is 1.23. The van der Waals surface area contributed by atoms with Crippen molar-refractivity contribution >= 4 is 27.4 Å². The number of pyridine rings is 2. The molecule has 0 saturated carbocycles. The fourth-order valence-electron chi connectivity index (χ4n) is 1.52. The number of hydrogen-bond donors (Lipinski definition) is 2. The van der Waals surface area contributed by atoms with Crippen molar-refractivity contribution in [1.29, 1.82) is 0 Å². The molecule has 0 aliphatic rings. The molecule has 20 heavy (non-hydrogen) atoms. The van der Waals surface area contributed by atoms with Gasteiger partial charge in [0, 0.05) is 31.1 Å². The lowest BCUT2D eigenvalue weighted by Gasteiger charge is -2.07. The predicted molar refractivity (Wildman–Crippen MR) is 76.8 cm³/mol. The summed E-state index contributed by atoms with van der Waals surface area (Å²) in [5, 5.41) is 0.109. The van der Waals surface area contributed by atoms with Gasteiger partial charge in [-0.1, -0.05) is 17.7 Å². The first kappa shape index (κ1) is 14.7. The van der Waals surface area contributed by atoms with Crippen LogP contribution in [0.2, 0.25) is 5.02 Å². The molecule has 0 atom stereocenters. The van der Waals surface area contributed by atoms with E-state index in [2.05, 4.69) is 14.7 Å². The van der Waals surface area contributed by atoms with Gasteiger partial charge in [-0.15, -0.1) is 0 Å². The standard InChI is InChI=1S/C12H13ClN4O2S/c13-11-7-10(8-16-12(11)14)20(18,19)17-6-4-9-3-1-2-5-15-9/h1-3,5,7-8,17H,4,6H2,(H2,14,16). The Bertz CT molecular complexity index is 692. The van der Waals surface area contributed by atoms with Crippen molar-refractivity contribution in [1.82, 2.24) is 14.7 Å². The number of nitrogens with zero attached hydrogens (tertiary/aromatic N) is 2. The molecular weight excluding hydrogens is 300 g/mol. The normalized spacial score (nSPS) is 11.4. The molecule has 106 valence electrons. The maximum absolute atomic E-state index is 12.0. The SMILES string of the molecule is Nc1ncc(S(=O)(=O)NCCc2ccccn2)cc1Cl. The summed E-state index contributed by atoms with van der Waals surface area (Å²) in [5.74, 6) is 0.0964. The Hall–Kier alpha value is -1.70. The average molecular weight is 313 g/mol. The van der Waals surface area contributed by atoms with Crippen LogP contribution in [0.25, 0.3) is 0 Å². The molecule has 2 heterocycles. The van der Waals surface area contributed by atoms with Crippen molar-refractivity contribution in [3.05, 3.63) is 47.4 Å².